The van der Waals surface area contributed by atoms with E-state index in [9.17, 15) is 14.0 Å². The molecule has 2 aromatic rings. The van der Waals surface area contributed by atoms with Crippen LogP contribution in [0.5, 0.6) is 0 Å². The van der Waals surface area contributed by atoms with Crippen molar-refractivity contribution in [3.8, 4) is 0 Å². The molecule has 2 fully saturated rings. The highest BCUT2D eigenvalue weighted by atomic mass is 19.1. The topological polar surface area (TPSA) is 69.9 Å². The number of carbonyl (C=O) groups excluding carboxylic acids is 2. The summed E-state index contributed by atoms with van der Waals surface area (Å²) in [7, 11) is 3.42. The minimum Gasteiger partial charge on any atom is -0.361 e. The number of fused-ring (bicyclic) bond motifs is 1. The van der Waals surface area contributed by atoms with Crippen molar-refractivity contribution in [3.05, 3.63) is 53.2 Å². The predicted octanol–water partition coefficient (Wildman–Crippen LogP) is 2.55. The van der Waals surface area contributed by atoms with Crippen molar-refractivity contribution in [2.75, 3.05) is 33.7 Å². The first-order valence-electron chi connectivity index (χ1n) is 9.31. The third-order valence-corrected chi connectivity index (χ3v) is 5.62. The first kappa shape index (κ1) is 18.5. The standard InChI is InChI=1S/C20H23FN4O3/c1-12-7-17(22-28-12)19(26)24-9-14-10-25(20(27)23(2)3)18(16(14)11-24)13-5-4-6-15(21)8-13/h4-8,14,16,18H,9-11H2,1-3H3/t14-,16-,18-/m1/s1. The molecule has 1 aromatic carbocycles. The number of carbonyl (C=O) groups is 2. The minimum absolute atomic E-state index is 0.0441. The van der Waals surface area contributed by atoms with Gasteiger partial charge in [0.2, 0.25) is 0 Å². The van der Waals surface area contributed by atoms with Crippen LogP contribution in [0.25, 0.3) is 0 Å². The Labute approximate surface area is 162 Å². The Kier molecular flexibility index (Phi) is 4.56. The molecule has 3 atom stereocenters. The van der Waals surface area contributed by atoms with Crippen molar-refractivity contribution in [1.29, 1.82) is 0 Å². The summed E-state index contributed by atoms with van der Waals surface area (Å²) in [5.41, 5.74) is 1.05. The zero-order chi connectivity index (χ0) is 20.0. The van der Waals surface area contributed by atoms with E-state index in [-0.39, 0.29) is 35.6 Å². The molecule has 2 aliphatic heterocycles. The molecule has 148 valence electrons. The van der Waals surface area contributed by atoms with Gasteiger partial charge in [-0.05, 0) is 24.6 Å². The third kappa shape index (κ3) is 3.12. The van der Waals surface area contributed by atoms with E-state index in [2.05, 4.69) is 5.16 Å². The van der Waals surface area contributed by atoms with E-state index in [0.717, 1.165) is 5.56 Å². The van der Waals surface area contributed by atoms with E-state index in [0.29, 0.717) is 31.1 Å². The number of halogens is 1. The lowest BCUT2D eigenvalue weighted by Gasteiger charge is -2.31. The molecule has 0 radical (unpaired) electrons. The molecule has 3 amide bonds. The fraction of sp³-hybridized carbons (Fsp3) is 0.450. The van der Waals surface area contributed by atoms with E-state index in [1.54, 1.807) is 43.0 Å². The Morgan fingerprint density at radius 3 is 2.64 bits per heavy atom. The van der Waals surface area contributed by atoms with Gasteiger partial charge in [-0.15, -0.1) is 0 Å². The summed E-state index contributed by atoms with van der Waals surface area (Å²) in [5, 5.41) is 3.82. The van der Waals surface area contributed by atoms with Gasteiger partial charge in [-0.2, -0.15) is 0 Å². The number of hydrogen-bond acceptors (Lipinski definition) is 4. The van der Waals surface area contributed by atoms with Gasteiger partial charge >= 0.3 is 6.03 Å². The number of hydrogen-bond donors (Lipinski definition) is 0. The second-order valence-corrected chi connectivity index (χ2v) is 7.79. The van der Waals surface area contributed by atoms with Crippen molar-refractivity contribution in [2.24, 2.45) is 11.8 Å². The number of rotatable bonds is 2. The van der Waals surface area contributed by atoms with Crippen molar-refractivity contribution >= 4 is 11.9 Å². The Balaban J connectivity index is 1.62. The molecule has 0 spiro atoms. The first-order valence-corrected chi connectivity index (χ1v) is 9.31. The molecule has 7 nitrogen and oxygen atoms in total. The fourth-order valence-corrected chi connectivity index (χ4v) is 4.41. The molecule has 4 rings (SSSR count). The first-order chi connectivity index (χ1) is 13.3. The molecule has 0 unspecified atom stereocenters. The van der Waals surface area contributed by atoms with Crippen molar-refractivity contribution in [3.63, 3.8) is 0 Å². The van der Waals surface area contributed by atoms with Crippen LogP contribution in [0, 0.1) is 24.6 Å². The Morgan fingerprint density at radius 2 is 2.00 bits per heavy atom. The summed E-state index contributed by atoms with van der Waals surface area (Å²) >= 11 is 0. The molecule has 8 heteroatoms. The molecule has 1 aromatic heterocycles. The molecule has 2 aliphatic rings. The van der Waals surface area contributed by atoms with Crippen LogP contribution in [0.15, 0.2) is 34.9 Å². The molecule has 2 saturated heterocycles. The highest BCUT2D eigenvalue weighted by Gasteiger charge is 2.50. The molecule has 28 heavy (non-hydrogen) atoms. The molecular weight excluding hydrogens is 363 g/mol. The van der Waals surface area contributed by atoms with Crippen LogP contribution in [0.3, 0.4) is 0 Å². The highest BCUT2D eigenvalue weighted by molar-refractivity contribution is 5.92. The minimum atomic E-state index is -0.331. The second kappa shape index (κ2) is 6.92. The zero-order valence-corrected chi connectivity index (χ0v) is 16.1. The summed E-state index contributed by atoms with van der Waals surface area (Å²) in [6.45, 7) is 3.31. The maximum absolute atomic E-state index is 13.9. The maximum atomic E-state index is 13.9. The largest absolute Gasteiger partial charge is 0.361 e. The van der Waals surface area contributed by atoms with E-state index < -0.39 is 0 Å². The quantitative estimate of drug-likeness (QED) is 0.795. The van der Waals surface area contributed by atoms with Crippen molar-refractivity contribution in [1.82, 2.24) is 19.9 Å². The average molecular weight is 386 g/mol. The van der Waals surface area contributed by atoms with Gasteiger partial charge in [0.25, 0.3) is 5.91 Å². The Bertz CT molecular complexity index is 912. The second-order valence-electron chi connectivity index (χ2n) is 7.79. The Morgan fingerprint density at radius 1 is 1.21 bits per heavy atom. The lowest BCUT2D eigenvalue weighted by Crippen LogP contribution is -2.42. The van der Waals surface area contributed by atoms with Crippen LogP contribution >= 0.6 is 0 Å². The van der Waals surface area contributed by atoms with Gasteiger partial charge in [-0.1, -0.05) is 17.3 Å². The normalized spacial score (nSPS) is 23.8. The third-order valence-electron chi connectivity index (χ3n) is 5.62. The van der Waals surface area contributed by atoms with Gasteiger partial charge in [0.1, 0.15) is 11.6 Å². The average Bonchev–Trinajstić information content (AvgIpc) is 3.34. The smallest absolute Gasteiger partial charge is 0.320 e. The summed E-state index contributed by atoms with van der Waals surface area (Å²) in [4.78, 5) is 30.6. The number of likely N-dealkylation sites (tertiary alicyclic amines) is 2. The molecule has 0 saturated carbocycles. The number of amides is 3. The maximum Gasteiger partial charge on any atom is 0.320 e. The van der Waals surface area contributed by atoms with Crippen LogP contribution in [-0.4, -0.2) is 65.5 Å². The van der Waals surface area contributed by atoms with Gasteiger partial charge < -0.3 is 19.2 Å². The monoisotopic (exact) mass is 386 g/mol. The molecule has 3 heterocycles. The number of nitrogens with zero attached hydrogens (tertiary/aromatic N) is 4. The molecule has 0 N–H and O–H groups in total. The summed E-state index contributed by atoms with van der Waals surface area (Å²) < 4.78 is 18.9. The highest BCUT2D eigenvalue weighted by Crippen LogP contribution is 2.45. The zero-order valence-electron chi connectivity index (χ0n) is 16.1. The number of benzene rings is 1. The van der Waals surface area contributed by atoms with Crippen LogP contribution in [0.1, 0.15) is 27.9 Å². The fourth-order valence-electron chi connectivity index (χ4n) is 4.41. The summed E-state index contributed by atoms with van der Waals surface area (Å²) in [5.74, 6) is 0.261. The van der Waals surface area contributed by atoms with Crippen LogP contribution in [-0.2, 0) is 0 Å². The summed E-state index contributed by atoms with van der Waals surface area (Å²) in [6, 6.07) is 7.63. The Hall–Kier alpha value is -2.90. The van der Waals surface area contributed by atoms with Gasteiger partial charge in [0.15, 0.2) is 5.69 Å². The van der Waals surface area contributed by atoms with Crippen molar-refractivity contribution < 1.29 is 18.5 Å². The van der Waals surface area contributed by atoms with E-state index in [1.807, 2.05) is 6.07 Å². The number of aromatic nitrogens is 1. The van der Waals surface area contributed by atoms with Crippen molar-refractivity contribution in [2.45, 2.75) is 13.0 Å². The van der Waals surface area contributed by atoms with Gasteiger partial charge in [0, 0.05) is 51.6 Å². The summed E-state index contributed by atoms with van der Waals surface area (Å²) in [6.07, 6.45) is 0. The molecule has 0 aliphatic carbocycles. The number of aryl methyl sites for hydroxylation is 1. The SMILES string of the molecule is Cc1cc(C(=O)N2C[C@@H]3CN(C(=O)N(C)C)[C@H](c4cccc(F)c4)[C@@H]3C2)no1. The lowest BCUT2D eigenvalue weighted by atomic mass is 9.89. The van der Waals surface area contributed by atoms with Gasteiger partial charge in [-0.3, -0.25) is 4.79 Å². The molecular formula is C20H23FN4O3. The van der Waals surface area contributed by atoms with Gasteiger partial charge in [-0.25, -0.2) is 9.18 Å². The van der Waals surface area contributed by atoms with Gasteiger partial charge in [0.05, 0.1) is 6.04 Å². The van der Waals surface area contributed by atoms with E-state index in [1.165, 1.54) is 17.0 Å². The number of urea groups is 1. The van der Waals surface area contributed by atoms with E-state index >= 15 is 0 Å². The van der Waals surface area contributed by atoms with Crippen LogP contribution < -0.4 is 0 Å². The molecule has 0 bridgehead atoms. The van der Waals surface area contributed by atoms with Crippen LogP contribution in [0.4, 0.5) is 9.18 Å². The van der Waals surface area contributed by atoms with E-state index in [4.69, 9.17) is 4.52 Å². The van der Waals surface area contributed by atoms with Crippen LogP contribution in [0.2, 0.25) is 0 Å². The predicted molar refractivity (Wildman–Crippen MR) is 99.1 cm³/mol. The lowest BCUT2D eigenvalue weighted by molar-refractivity contribution is 0.0756.